The van der Waals surface area contributed by atoms with E-state index < -0.39 is 11.3 Å². The molecule has 2 amide bonds. The molecule has 5 nitrogen and oxygen atoms in total. The van der Waals surface area contributed by atoms with E-state index in [2.05, 4.69) is 72.5 Å². The van der Waals surface area contributed by atoms with Gasteiger partial charge in [0.15, 0.2) is 6.61 Å². The highest BCUT2D eigenvalue weighted by Gasteiger charge is 2.83. The molecule has 8 heteroatoms. The maximum Gasteiger partial charge on any atom is 0.276 e. The lowest BCUT2D eigenvalue weighted by atomic mass is 9.43. The fourth-order valence-corrected chi connectivity index (χ4v) is 9.55. The molecule has 2 bridgehead atoms. The van der Waals surface area contributed by atoms with E-state index in [4.69, 9.17) is 4.74 Å². The average molecular weight is 553 g/mol. The van der Waals surface area contributed by atoms with Crippen LogP contribution in [-0.4, -0.2) is 27.0 Å². The second-order valence-corrected chi connectivity index (χ2v) is 11.4. The third-order valence-electron chi connectivity index (χ3n) is 6.32. The lowest BCUT2D eigenvalue weighted by Crippen LogP contribution is -2.73. The van der Waals surface area contributed by atoms with Gasteiger partial charge in [0.2, 0.25) is 5.91 Å². The number of halogens is 3. The molecule has 1 aromatic rings. The number of hydrazine groups is 1. The highest BCUT2D eigenvalue weighted by molar-refractivity contribution is 9.24. The molecule has 3 unspecified atom stereocenters. The summed E-state index contributed by atoms with van der Waals surface area (Å²) in [7, 11) is 0. The van der Waals surface area contributed by atoms with Crippen LogP contribution in [0.1, 0.15) is 26.7 Å². The predicted octanol–water partition coefficient (Wildman–Crippen LogP) is 3.90. The second kappa shape index (κ2) is 7.09. The molecule has 3 aliphatic rings. The van der Waals surface area contributed by atoms with Gasteiger partial charge in [0.1, 0.15) is 5.75 Å². The van der Waals surface area contributed by atoms with Crippen LogP contribution in [0, 0.1) is 16.2 Å². The summed E-state index contributed by atoms with van der Waals surface area (Å²) in [5.41, 5.74) is 4.25. The summed E-state index contributed by atoms with van der Waals surface area (Å²) in [6.07, 6.45) is 1.70. The predicted molar refractivity (Wildman–Crippen MR) is 110 cm³/mol. The Hall–Kier alpha value is -0.600. The molecule has 4 rings (SSSR count). The zero-order valence-corrected chi connectivity index (χ0v) is 19.3. The fraction of sp³-hybridized carbons (Fsp3) is 0.556. The number of rotatable bonds is 5. The number of benzene rings is 1. The number of para-hydroxylation sites is 1. The first-order valence-corrected chi connectivity index (χ1v) is 11.1. The van der Waals surface area contributed by atoms with E-state index in [1.54, 1.807) is 12.1 Å². The van der Waals surface area contributed by atoms with E-state index in [1.165, 1.54) is 0 Å². The summed E-state index contributed by atoms with van der Waals surface area (Å²) in [6.45, 7) is 4.08. The van der Waals surface area contributed by atoms with Gasteiger partial charge < -0.3 is 4.74 Å². The van der Waals surface area contributed by atoms with Gasteiger partial charge in [-0.1, -0.05) is 79.8 Å². The highest BCUT2D eigenvalue weighted by Crippen LogP contribution is 2.82. The Morgan fingerprint density at radius 2 is 1.85 bits per heavy atom. The Balaban J connectivity index is 1.58. The Morgan fingerprint density at radius 3 is 2.38 bits per heavy atom. The number of hydrogen-bond acceptors (Lipinski definition) is 3. The molecule has 3 aliphatic carbocycles. The number of carbonyl (C=O) groups is 2. The Kier molecular flexibility index (Phi) is 5.50. The van der Waals surface area contributed by atoms with Crippen LogP contribution in [0.2, 0.25) is 0 Å². The lowest BCUT2D eigenvalue weighted by molar-refractivity contribution is -0.163. The van der Waals surface area contributed by atoms with Gasteiger partial charge in [-0.25, -0.2) is 0 Å². The number of hydrogen-bond donors (Lipinski definition) is 2. The molecule has 2 N–H and O–H groups in total. The van der Waals surface area contributed by atoms with Crippen molar-refractivity contribution in [1.29, 1.82) is 0 Å². The number of ether oxygens (including phenoxy) is 1. The van der Waals surface area contributed by atoms with Crippen LogP contribution in [-0.2, 0) is 9.59 Å². The van der Waals surface area contributed by atoms with Crippen molar-refractivity contribution in [3.8, 4) is 5.75 Å². The molecule has 142 valence electrons. The summed E-state index contributed by atoms with van der Waals surface area (Å²) >= 11 is 11.1. The van der Waals surface area contributed by atoms with Gasteiger partial charge in [0.25, 0.3) is 5.91 Å². The van der Waals surface area contributed by atoms with Gasteiger partial charge in [-0.2, -0.15) is 0 Å². The van der Waals surface area contributed by atoms with E-state index in [1.807, 2.05) is 18.2 Å². The minimum atomic E-state index is -0.555. The molecule has 0 aromatic heterocycles. The van der Waals surface area contributed by atoms with E-state index in [0.29, 0.717) is 5.75 Å². The molecule has 26 heavy (non-hydrogen) atoms. The van der Waals surface area contributed by atoms with Crippen LogP contribution in [0.25, 0.3) is 0 Å². The van der Waals surface area contributed by atoms with E-state index in [-0.39, 0.29) is 31.9 Å². The molecule has 1 aromatic carbocycles. The number of fused-ring (bicyclic) bond motifs is 1. The second-order valence-electron chi connectivity index (χ2n) is 7.40. The highest BCUT2D eigenvalue weighted by atomic mass is 79.9. The molecule has 0 saturated heterocycles. The molecule has 0 aliphatic heterocycles. The molecule has 0 heterocycles. The summed E-state index contributed by atoms with van der Waals surface area (Å²) in [6, 6.07) is 9.07. The topological polar surface area (TPSA) is 67.4 Å². The van der Waals surface area contributed by atoms with Crippen LogP contribution in [0.15, 0.2) is 30.3 Å². The fourth-order valence-electron chi connectivity index (χ4n) is 4.64. The minimum Gasteiger partial charge on any atom is -0.484 e. The third kappa shape index (κ3) is 2.66. The lowest BCUT2D eigenvalue weighted by Gasteiger charge is -2.66. The Bertz CT molecular complexity index is 713. The smallest absolute Gasteiger partial charge is 0.276 e. The van der Waals surface area contributed by atoms with Gasteiger partial charge >= 0.3 is 0 Å². The largest absolute Gasteiger partial charge is 0.484 e. The van der Waals surface area contributed by atoms with Crippen LogP contribution >= 0.6 is 47.8 Å². The van der Waals surface area contributed by atoms with Crippen LogP contribution in [0.4, 0.5) is 0 Å². The van der Waals surface area contributed by atoms with Crippen molar-refractivity contribution in [2.24, 2.45) is 16.2 Å². The summed E-state index contributed by atoms with van der Waals surface area (Å²) in [5.74, 6) is 0.0469. The number of amides is 2. The summed E-state index contributed by atoms with van der Waals surface area (Å²) < 4.78 is 5.50. The van der Waals surface area contributed by atoms with Gasteiger partial charge in [-0.3, -0.25) is 20.4 Å². The van der Waals surface area contributed by atoms with Crippen molar-refractivity contribution < 1.29 is 14.3 Å². The van der Waals surface area contributed by atoms with Gasteiger partial charge in [-0.05, 0) is 30.4 Å². The van der Waals surface area contributed by atoms with Crippen molar-refractivity contribution in [2.45, 2.75) is 35.3 Å². The average Bonchev–Trinajstić information content (AvgIpc) is 3.08. The molecular formula is C18H21Br3N2O3. The van der Waals surface area contributed by atoms with E-state index in [0.717, 1.165) is 12.8 Å². The normalized spacial score (nSPS) is 31.2. The van der Waals surface area contributed by atoms with Gasteiger partial charge in [0.05, 0.1) is 9.15 Å². The zero-order chi connectivity index (χ0) is 19.2. The monoisotopic (exact) mass is 550 g/mol. The van der Waals surface area contributed by atoms with E-state index >= 15 is 0 Å². The number of nitrogens with one attached hydrogen (secondary N) is 2. The van der Waals surface area contributed by atoms with Crippen molar-refractivity contribution in [2.75, 3.05) is 6.61 Å². The first kappa shape index (κ1) is 20.1. The third-order valence-corrected chi connectivity index (χ3v) is 9.55. The van der Waals surface area contributed by atoms with Crippen LogP contribution < -0.4 is 15.6 Å². The van der Waals surface area contributed by atoms with Crippen LogP contribution in [0.5, 0.6) is 5.75 Å². The standard InChI is InChI=1S/C18H21Br3N2O3/c1-16(2)17(14(20)21)8-9-18(16,13(17)19)15(25)23-22-12(24)10-26-11-6-4-3-5-7-11/h3-7,13-14H,8-10H2,1-2H3,(H,22,24)(H,23,25). The Morgan fingerprint density at radius 1 is 1.19 bits per heavy atom. The summed E-state index contributed by atoms with van der Waals surface area (Å²) in [5, 5.41) is 0. The molecule has 0 spiro atoms. The van der Waals surface area contributed by atoms with Gasteiger partial charge in [0, 0.05) is 10.2 Å². The first-order valence-electron chi connectivity index (χ1n) is 8.39. The zero-order valence-electron chi connectivity index (χ0n) is 14.5. The van der Waals surface area contributed by atoms with Crippen molar-refractivity contribution in [3.63, 3.8) is 0 Å². The van der Waals surface area contributed by atoms with E-state index in [9.17, 15) is 9.59 Å². The maximum absolute atomic E-state index is 12.9. The number of carbonyl (C=O) groups excluding carboxylic acids is 2. The van der Waals surface area contributed by atoms with Crippen molar-refractivity contribution in [1.82, 2.24) is 10.9 Å². The summed E-state index contributed by atoms with van der Waals surface area (Å²) in [4.78, 5) is 25.0. The van der Waals surface area contributed by atoms with Gasteiger partial charge in [-0.15, -0.1) is 0 Å². The molecule has 3 saturated carbocycles. The first-order chi connectivity index (χ1) is 12.2. The maximum atomic E-state index is 12.9. The Labute approximate surface area is 178 Å². The quantitative estimate of drug-likeness (QED) is 0.430. The van der Waals surface area contributed by atoms with Crippen molar-refractivity contribution in [3.05, 3.63) is 30.3 Å². The van der Waals surface area contributed by atoms with Crippen molar-refractivity contribution >= 4 is 59.6 Å². The number of alkyl halides is 3. The SMILES string of the molecule is CC1(C)C2(C(=O)NNC(=O)COc3ccccc3)CCC1(C(Br)Br)C2Br. The molecule has 3 atom stereocenters. The molecule has 3 fully saturated rings. The molecular weight excluding hydrogens is 532 g/mol. The molecule has 0 radical (unpaired) electrons. The van der Waals surface area contributed by atoms with Crippen LogP contribution in [0.3, 0.4) is 0 Å². The minimum absolute atomic E-state index is 0.0266.